The zero-order valence-electron chi connectivity index (χ0n) is 9.97. The third-order valence-corrected chi connectivity index (χ3v) is 3.63. The van der Waals surface area contributed by atoms with Crippen molar-refractivity contribution < 1.29 is 0 Å². The van der Waals surface area contributed by atoms with Gasteiger partial charge in [-0.1, -0.05) is 60.2 Å². The van der Waals surface area contributed by atoms with Crippen molar-refractivity contribution >= 4 is 17.8 Å². The quantitative estimate of drug-likeness (QED) is 0.686. The molecule has 0 saturated carbocycles. The van der Waals surface area contributed by atoms with E-state index in [1.807, 2.05) is 17.8 Å². The number of hydrogen-bond donors (Lipinski definition) is 0. The van der Waals surface area contributed by atoms with Gasteiger partial charge >= 0.3 is 0 Å². The Morgan fingerprint density at radius 3 is 2.18 bits per heavy atom. The molecule has 0 atom stereocenters. The van der Waals surface area contributed by atoms with Gasteiger partial charge in [0.2, 0.25) is 0 Å². The van der Waals surface area contributed by atoms with E-state index in [0.717, 1.165) is 5.75 Å². The lowest BCUT2D eigenvalue weighted by molar-refractivity contribution is 1.40. The van der Waals surface area contributed by atoms with Crippen LogP contribution in [0.2, 0.25) is 0 Å². The predicted octanol–water partition coefficient (Wildman–Crippen LogP) is 4.88. The van der Waals surface area contributed by atoms with Gasteiger partial charge in [-0.2, -0.15) is 0 Å². The molecular weight excluding hydrogens is 224 g/mol. The molecular formula is C16H16S. The van der Waals surface area contributed by atoms with Crippen molar-refractivity contribution in [3.63, 3.8) is 0 Å². The molecule has 2 rings (SSSR count). The number of benzene rings is 2. The second kappa shape index (κ2) is 6.31. The van der Waals surface area contributed by atoms with Gasteiger partial charge < -0.3 is 0 Å². The molecule has 0 radical (unpaired) electrons. The van der Waals surface area contributed by atoms with Crippen LogP contribution in [0.15, 0.2) is 71.1 Å². The molecule has 0 aliphatic carbocycles. The maximum Gasteiger partial charge on any atom is 0.0191 e. The Hall–Kier alpha value is -1.47. The van der Waals surface area contributed by atoms with Crippen LogP contribution in [-0.2, 0) is 0 Å². The van der Waals surface area contributed by atoms with Crippen molar-refractivity contribution in [1.82, 2.24) is 0 Å². The summed E-state index contributed by atoms with van der Waals surface area (Å²) in [7, 11) is 0. The zero-order valence-corrected chi connectivity index (χ0v) is 10.8. The Bertz CT molecular complexity index is 471. The maximum absolute atomic E-state index is 2.25. The number of rotatable bonds is 4. The average molecular weight is 240 g/mol. The van der Waals surface area contributed by atoms with E-state index >= 15 is 0 Å². The van der Waals surface area contributed by atoms with Crippen molar-refractivity contribution in [3.05, 3.63) is 71.8 Å². The van der Waals surface area contributed by atoms with Gasteiger partial charge in [-0.05, 0) is 24.6 Å². The molecule has 2 aromatic rings. The Balaban J connectivity index is 1.94. The molecule has 0 aromatic heterocycles. The summed E-state index contributed by atoms with van der Waals surface area (Å²) in [5.74, 6) is 1.04. The van der Waals surface area contributed by atoms with Crippen molar-refractivity contribution in [1.29, 1.82) is 0 Å². The highest BCUT2D eigenvalue weighted by atomic mass is 32.2. The standard InChI is InChI=1S/C16H16S/c1-14(12-15-8-4-2-5-9-15)13-17-16-10-6-3-7-11-16/h2-12H,13H2,1H3/b14-12+. The molecule has 17 heavy (non-hydrogen) atoms. The molecule has 0 fully saturated rings. The highest BCUT2D eigenvalue weighted by molar-refractivity contribution is 7.99. The molecule has 0 N–H and O–H groups in total. The molecule has 0 heterocycles. The number of thioether (sulfide) groups is 1. The molecule has 0 nitrogen and oxygen atoms in total. The minimum absolute atomic E-state index is 1.04. The van der Waals surface area contributed by atoms with Gasteiger partial charge in [-0.3, -0.25) is 0 Å². The zero-order chi connectivity index (χ0) is 11.9. The van der Waals surface area contributed by atoms with Crippen LogP contribution >= 0.6 is 11.8 Å². The summed E-state index contributed by atoms with van der Waals surface area (Å²) in [5.41, 5.74) is 2.67. The normalized spacial score (nSPS) is 11.5. The molecule has 0 aliphatic heterocycles. The monoisotopic (exact) mass is 240 g/mol. The summed E-state index contributed by atoms with van der Waals surface area (Å²) in [6.07, 6.45) is 2.25. The van der Waals surface area contributed by atoms with E-state index in [0.29, 0.717) is 0 Å². The lowest BCUT2D eigenvalue weighted by Crippen LogP contribution is -1.82. The van der Waals surface area contributed by atoms with E-state index in [4.69, 9.17) is 0 Å². The van der Waals surface area contributed by atoms with Gasteiger partial charge in [-0.15, -0.1) is 11.8 Å². The van der Waals surface area contributed by atoms with Gasteiger partial charge in [0, 0.05) is 10.6 Å². The average Bonchev–Trinajstić information content (AvgIpc) is 2.39. The van der Waals surface area contributed by atoms with Crippen LogP contribution in [0.5, 0.6) is 0 Å². The van der Waals surface area contributed by atoms with Crippen LogP contribution in [0, 0.1) is 0 Å². The lowest BCUT2D eigenvalue weighted by Gasteiger charge is -2.02. The predicted molar refractivity (Wildman–Crippen MR) is 77.3 cm³/mol. The summed E-state index contributed by atoms with van der Waals surface area (Å²) in [6, 6.07) is 21.0. The van der Waals surface area contributed by atoms with Crippen LogP contribution in [0.3, 0.4) is 0 Å². The van der Waals surface area contributed by atoms with Gasteiger partial charge in [-0.25, -0.2) is 0 Å². The summed E-state index contributed by atoms with van der Waals surface area (Å²) in [4.78, 5) is 1.33. The lowest BCUT2D eigenvalue weighted by atomic mass is 10.1. The first-order valence-corrected chi connectivity index (χ1v) is 6.73. The van der Waals surface area contributed by atoms with Gasteiger partial charge in [0.15, 0.2) is 0 Å². The van der Waals surface area contributed by atoms with Crippen molar-refractivity contribution in [2.75, 3.05) is 5.75 Å². The first kappa shape index (κ1) is 12.0. The van der Waals surface area contributed by atoms with Gasteiger partial charge in [0.05, 0.1) is 0 Å². The van der Waals surface area contributed by atoms with Gasteiger partial charge in [0.1, 0.15) is 0 Å². The first-order valence-electron chi connectivity index (χ1n) is 5.75. The second-order valence-corrected chi connectivity index (χ2v) is 5.05. The highest BCUT2D eigenvalue weighted by Crippen LogP contribution is 2.20. The van der Waals surface area contributed by atoms with E-state index in [9.17, 15) is 0 Å². The molecule has 86 valence electrons. The fraction of sp³-hybridized carbons (Fsp3) is 0.125. The Morgan fingerprint density at radius 2 is 1.53 bits per heavy atom. The summed E-state index contributed by atoms with van der Waals surface area (Å²) in [5, 5.41) is 0. The van der Waals surface area contributed by atoms with Crippen LogP contribution in [0.4, 0.5) is 0 Å². The molecule has 2 aromatic carbocycles. The van der Waals surface area contributed by atoms with Crippen LogP contribution in [0.1, 0.15) is 12.5 Å². The minimum atomic E-state index is 1.04. The largest absolute Gasteiger partial charge is 0.122 e. The third kappa shape index (κ3) is 4.12. The van der Waals surface area contributed by atoms with E-state index in [1.54, 1.807) is 0 Å². The molecule has 1 heteroatoms. The summed E-state index contributed by atoms with van der Waals surface area (Å²) < 4.78 is 0. The number of hydrogen-bond acceptors (Lipinski definition) is 1. The maximum atomic E-state index is 2.25. The molecule has 0 spiro atoms. The molecule has 0 amide bonds. The SMILES string of the molecule is C/C(=C\c1ccccc1)CSc1ccccc1. The topological polar surface area (TPSA) is 0 Å². The second-order valence-electron chi connectivity index (χ2n) is 4.00. The third-order valence-electron chi connectivity index (χ3n) is 2.42. The van der Waals surface area contributed by atoms with E-state index in [2.05, 4.69) is 67.6 Å². The molecule has 0 unspecified atom stereocenters. The van der Waals surface area contributed by atoms with Gasteiger partial charge in [0.25, 0.3) is 0 Å². The first-order chi connectivity index (χ1) is 8.34. The fourth-order valence-electron chi connectivity index (χ4n) is 1.59. The van der Waals surface area contributed by atoms with E-state index in [-0.39, 0.29) is 0 Å². The summed E-state index contributed by atoms with van der Waals surface area (Å²) in [6.45, 7) is 2.18. The van der Waals surface area contributed by atoms with Crippen LogP contribution in [-0.4, -0.2) is 5.75 Å². The summed E-state index contributed by atoms with van der Waals surface area (Å²) >= 11 is 1.88. The Morgan fingerprint density at radius 1 is 0.941 bits per heavy atom. The molecule has 0 bridgehead atoms. The highest BCUT2D eigenvalue weighted by Gasteiger charge is 1.94. The molecule has 0 saturated heterocycles. The minimum Gasteiger partial charge on any atom is -0.122 e. The van der Waals surface area contributed by atoms with Crippen LogP contribution in [0.25, 0.3) is 6.08 Å². The molecule has 0 aliphatic rings. The Labute approximate surface area is 107 Å². The van der Waals surface area contributed by atoms with E-state index < -0.39 is 0 Å². The van der Waals surface area contributed by atoms with E-state index in [1.165, 1.54) is 16.0 Å². The van der Waals surface area contributed by atoms with Crippen molar-refractivity contribution in [2.45, 2.75) is 11.8 Å². The van der Waals surface area contributed by atoms with Crippen molar-refractivity contribution in [2.24, 2.45) is 0 Å². The fourth-order valence-corrected chi connectivity index (χ4v) is 2.42. The van der Waals surface area contributed by atoms with Crippen molar-refractivity contribution in [3.8, 4) is 0 Å². The smallest absolute Gasteiger partial charge is 0.0191 e. The van der Waals surface area contributed by atoms with Crippen LogP contribution < -0.4 is 0 Å². The Kier molecular flexibility index (Phi) is 4.45.